The van der Waals surface area contributed by atoms with Gasteiger partial charge in [0.25, 0.3) is 0 Å². The van der Waals surface area contributed by atoms with E-state index in [2.05, 4.69) is 5.10 Å². The summed E-state index contributed by atoms with van der Waals surface area (Å²) in [7, 11) is 0. The van der Waals surface area contributed by atoms with Gasteiger partial charge in [0.1, 0.15) is 11.5 Å². The number of hydrogen-bond donors (Lipinski definition) is 1. The summed E-state index contributed by atoms with van der Waals surface area (Å²) in [5, 5.41) is 16.1. The molecule has 1 aromatic heterocycles. The van der Waals surface area contributed by atoms with Gasteiger partial charge < -0.3 is 19.7 Å². The van der Waals surface area contributed by atoms with Gasteiger partial charge in [-0.2, -0.15) is 5.10 Å². The summed E-state index contributed by atoms with van der Waals surface area (Å²) >= 11 is 0. The number of fused-ring (bicyclic) bond motifs is 1. The average Bonchev–Trinajstić information content (AvgIpc) is 3.02. The molecule has 1 saturated heterocycles. The van der Waals surface area contributed by atoms with E-state index in [0.29, 0.717) is 17.7 Å². The highest BCUT2D eigenvalue weighted by molar-refractivity contribution is 6.00. The topological polar surface area (TPSA) is 65.6 Å². The summed E-state index contributed by atoms with van der Waals surface area (Å²) in [6.45, 7) is 3.69. The number of nitrogens with zero attached hydrogens (tertiary/aromatic N) is 3. The molecule has 1 aliphatic heterocycles. The van der Waals surface area contributed by atoms with Crippen molar-refractivity contribution in [1.82, 2.24) is 9.78 Å². The van der Waals surface area contributed by atoms with Crippen molar-refractivity contribution in [2.45, 2.75) is 6.67 Å². The van der Waals surface area contributed by atoms with Gasteiger partial charge in [-0.3, -0.25) is 0 Å². The van der Waals surface area contributed by atoms with Crippen LogP contribution in [0.15, 0.2) is 48.5 Å². The van der Waals surface area contributed by atoms with Gasteiger partial charge in [-0.25, -0.2) is 9.07 Å². The number of carbonyl (C=O) groups excluding carboxylic acids is 1. The van der Waals surface area contributed by atoms with Crippen LogP contribution in [-0.2, 0) is 6.67 Å². The number of aromatic carboxylic acids is 1. The normalized spacial score (nSPS) is 15.5. The third-order valence-corrected chi connectivity index (χ3v) is 4.89. The van der Waals surface area contributed by atoms with E-state index in [1.165, 1.54) is 11.0 Å². The number of carbonyl (C=O) groups is 1. The zero-order chi connectivity index (χ0) is 18.1. The van der Waals surface area contributed by atoms with Gasteiger partial charge in [0.2, 0.25) is 0 Å². The lowest BCUT2D eigenvalue weighted by Gasteiger charge is -2.33. The van der Waals surface area contributed by atoms with Crippen LogP contribution in [0, 0.1) is 5.82 Å². The standard InChI is InChI=1S/C19H19FN4O2/c20-15-6-2-4-8-17(15)23-11-9-22(10-12-23)13-24-16-7-3-1-5-14(16)18(21-24)19(25)26/h1-8H,9-13H2,(H,25,26). The molecule has 0 amide bonds. The number of piperazine rings is 1. The first-order chi connectivity index (χ1) is 12.6. The average molecular weight is 354 g/mol. The second-order valence-electron chi connectivity index (χ2n) is 6.50. The molecule has 0 atom stereocenters. The molecule has 1 fully saturated rings. The Balaban J connectivity index is 1.49. The molecule has 0 unspecified atom stereocenters. The van der Waals surface area contributed by atoms with Crippen molar-refractivity contribution in [1.29, 1.82) is 0 Å². The zero-order valence-electron chi connectivity index (χ0n) is 14.2. The fraction of sp³-hybridized carbons (Fsp3) is 0.263. The van der Waals surface area contributed by atoms with Crippen LogP contribution in [-0.4, -0.2) is 41.9 Å². The van der Waals surface area contributed by atoms with E-state index >= 15 is 0 Å². The monoisotopic (exact) mass is 354 g/mol. The van der Waals surface area contributed by atoms with Crippen molar-refractivity contribution in [3.05, 3.63) is 60.0 Å². The Morgan fingerprint density at radius 2 is 1.81 bits per heavy atom. The van der Waals surface area contributed by atoms with Crippen LogP contribution < -0.4 is 14.9 Å². The van der Waals surface area contributed by atoms with Gasteiger partial charge >= 0.3 is 0 Å². The van der Waals surface area contributed by atoms with E-state index in [1.54, 1.807) is 28.9 Å². The Labute approximate surface area is 150 Å². The molecule has 7 heteroatoms. The van der Waals surface area contributed by atoms with E-state index in [9.17, 15) is 14.3 Å². The summed E-state index contributed by atoms with van der Waals surface area (Å²) < 4.78 is 15.7. The van der Waals surface area contributed by atoms with E-state index in [-0.39, 0.29) is 11.5 Å². The van der Waals surface area contributed by atoms with Crippen LogP contribution in [0.5, 0.6) is 0 Å². The molecule has 0 aliphatic carbocycles. The number of halogens is 1. The summed E-state index contributed by atoms with van der Waals surface area (Å²) in [6, 6.07) is 14.1. The Morgan fingerprint density at radius 1 is 1.12 bits per heavy atom. The van der Waals surface area contributed by atoms with Crippen molar-refractivity contribution in [3.63, 3.8) is 0 Å². The summed E-state index contributed by atoms with van der Waals surface area (Å²) in [6.07, 6.45) is 0. The largest absolute Gasteiger partial charge is 0.543 e. The Morgan fingerprint density at radius 3 is 2.54 bits per heavy atom. The summed E-state index contributed by atoms with van der Waals surface area (Å²) in [5.74, 6) is -1.47. The number of aromatic nitrogens is 2. The van der Waals surface area contributed by atoms with Gasteiger partial charge in [0.15, 0.2) is 6.67 Å². The number of para-hydroxylation sites is 2. The van der Waals surface area contributed by atoms with Crippen molar-refractivity contribution >= 4 is 22.6 Å². The molecule has 3 aromatic rings. The van der Waals surface area contributed by atoms with Crippen LogP contribution in [0.3, 0.4) is 0 Å². The van der Waals surface area contributed by atoms with E-state index in [1.807, 2.05) is 23.1 Å². The minimum absolute atomic E-state index is 0.0232. The molecule has 6 nitrogen and oxygen atoms in total. The van der Waals surface area contributed by atoms with Crippen molar-refractivity contribution in [2.24, 2.45) is 0 Å². The summed E-state index contributed by atoms with van der Waals surface area (Å²) in [4.78, 5) is 14.6. The lowest BCUT2D eigenvalue weighted by Crippen LogP contribution is -3.14. The zero-order valence-corrected chi connectivity index (χ0v) is 14.2. The Hall–Kier alpha value is -2.93. The number of anilines is 1. The van der Waals surface area contributed by atoms with Crippen LogP contribution >= 0.6 is 0 Å². The fourth-order valence-corrected chi connectivity index (χ4v) is 3.54. The van der Waals surface area contributed by atoms with Gasteiger partial charge in [-0.1, -0.05) is 30.3 Å². The second kappa shape index (κ2) is 6.76. The number of hydrogen-bond acceptors (Lipinski definition) is 4. The number of nitrogens with one attached hydrogen (secondary N) is 1. The van der Waals surface area contributed by atoms with Gasteiger partial charge in [-0.15, -0.1) is 0 Å². The molecule has 4 rings (SSSR count). The molecule has 0 saturated carbocycles. The molecule has 2 heterocycles. The van der Waals surface area contributed by atoms with Crippen LogP contribution in [0.2, 0.25) is 0 Å². The predicted octanol–water partition coefficient (Wildman–Crippen LogP) is -0.0985. The maximum absolute atomic E-state index is 13.9. The second-order valence-corrected chi connectivity index (χ2v) is 6.50. The molecule has 26 heavy (non-hydrogen) atoms. The third kappa shape index (κ3) is 3.01. The van der Waals surface area contributed by atoms with Crippen molar-refractivity contribution < 1.29 is 19.2 Å². The summed E-state index contributed by atoms with van der Waals surface area (Å²) in [5.41, 5.74) is 1.40. The number of carboxylic acid groups (broad SMARTS) is 1. The molecule has 1 aliphatic rings. The molecule has 0 bridgehead atoms. The SMILES string of the molecule is O=C([O-])c1nn(C[NH+]2CCN(c3ccccc3F)CC2)c2ccccc12. The number of carboxylic acids is 1. The van der Waals surface area contributed by atoms with E-state index in [4.69, 9.17) is 0 Å². The molecule has 2 aromatic carbocycles. The minimum atomic E-state index is -1.26. The lowest BCUT2D eigenvalue weighted by atomic mass is 10.2. The van der Waals surface area contributed by atoms with Gasteiger partial charge in [0, 0.05) is 5.39 Å². The van der Waals surface area contributed by atoms with Crippen LogP contribution in [0.25, 0.3) is 10.9 Å². The first-order valence-electron chi connectivity index (χ1n) is 8.63. The molecular weight excluding hydrogens is 335 g/mol. The van der Waals surface area contributed by atoms with Gasteiger partial charge in [-0.05, 0) is 18.2 Å². The number of quaternary nitrogens is 1. The highest BCUT2D eigenvalue weighted by atomic mass is 19.1. The van der Waals surface area contributed by atoms with E-state index in [0.717, 1.165) is 31.7 Å². The third-order valence-electron chi connectivity index (χ3n) is 4.89. The predicted molar refractivity (Wildman–Crippen MR) is 93.4 cm³/mol. The fourth-order valence-electron chi connectivity index (χ4n) is 3.54. The first kappa shape index (κ1) is 16.5. The molecule has 0 radical (unpaired) electrons. The molecule has 134 valence electrons. The van der Waals surface area contributed by atoms with Gasteiger partial charge in [0.05, 0.1) is 43.4 Å². The Kier molecular flexibility index (Phi) is 4.30. The maximum Gasteiger partial charge on any atom is 0.173 e. The molecule has 0 spiro atoms. The smallest absolute Gasteiger partial charge is 0.173 e. The lowest BCUT2D eigenvalue weighted by molar-refractivity contribution is -0.923. The molecular formula is C19H19FN4O2. The first-order valence-corrected chi connectivity index (χ1v) is 8.63. The van der Waals surface area contributed by atoms with Crippen LogP contribution in [0.1, 0.15) is 10.5 Å². The number of benzene rings is 2. The minimum Gasteiger partial charge on any atom is -0.543 e. The number of rotatable bonds is 4. The molecule has 1 N–H and O–H groups in total. The van der Waals surface area contributed by atoms with Crippen molar-refractivity contribution in [2.75, 3.05) is 31.1 Å². The van der Waals surface area contributed by atoms with Crippen molar-refractivity contribution in [3.8, 4) is 0 Å². The maximum atomic E-state index is 13.9. The highest BCUT2D eigenvalue weighted by Crippen LogP contribution is 2.19. The highest BCUT2D eigenvalue weighted by Gasteiger charge is 2.23. The quantitative estimate of drug-likeness (QED) is 0.711. The van der Waals surface area contributed by atoms with Crippen LogP contribution in [0.4, 0.5) is 10.1 Å². The Bertz CT molecular complexity index is 948. The van der Waals surface area contributed by atoms with E-state index < -0.39 is 5.97 Å².